The number of hydrogen-bond acceptors (Lipinski definition) is 7. The third-order valence-corrected chi connectivity index (χ3v) is 5.80. The topological polar surface area (TPSA) is 107 Å². The molecule has 0 saturated heterocycles. The second-order valence-electron chi connectivity index (χ2n) is 5.03. The van der Waals surface area contributed by atoms with E-state index in [1.54, 1.807) is 24.3 Å². The van der Waals surface area contributed by atoms with Crippen molar-refractivity contribution in [1.29, 1.82) is 0 Å². The van der Waals surface area contributed by atoms with Crippen molar-refractivity contribution in [2.45, 2.75) is 11.5 Å². The maximum Gasteiger partial charge on any atom is 0.261 e. The van der Waals surface area contributed by atoms with Crippen molar-refractivity contribution in [3.63, 3.8) is 0 Å². The van der Waals surface area contributed by atoms with Crippen LogP contribution in [-0.4, -0.2) is 18.6 Å². The standard InChI is InChI=1S/C15H12Cl2N4O3S2/c16-9-1-3-10(4-2-9)21-26(22,23)11-5-6-13(12(17)7-11)24-8-14-19-20-15(18)25-14/h1-7,21H,8H2,(H2,18,20). The number of nitrogen functional groups attached to an aromatic ring is 1. The molecule has 3 N–H and O–H groups in total. The number of ether oxygens (including phenoxy) is 1. The smallest absolute Gasteiger partial charge is 0.261 e. The van der Waals surface area contributed by atoms with E-state index in [1.165, 1.54) is 29.5 Å². The fourth-order valence-corrected chi connectivity index (χ4v) is 3.99. The molecule has 1 aromatic heterocycles. The number of anilines is 2. The molecule has 11 heteroatoms. The number of hydrogen-bond donors (Lipinski definition) is 2. The monoisotopic (exact) mass is 430 g/mol. The van der Waals surface area contributed by atoms with Crippen molar-refractivity contribution < 1.29 is 13.2 Å². The summed E-state index contributed by atoms with van der Waals surface area (Å²) in [5.74, 6) is 0.325. The summed E-state index contributed by atoms with van der Waals surface area (Å²) in [5.41, 5.74) is 5.89. The molecule has 0 aliphatic heterocycles. The van der Waals surface area contributed by atoms with Crippen LogP contribution in [0.3, 0.4) is 0 Å². The van der Waals surface area contributed by atoms with Gasteiger partial charge in [-0.15, -0.1) is 10.2 Å². The highest BCUT2D eigenvalue weighted by Crippen LogP contribution is 2.29. The van der Waals surface area contributed by atoms with Crippen molar-refractivity contribution in [2.75, 3.05) is 10.5 Å². The molecule has 0 fully saturated rings. The lowest BCUT2D eigenvalue weighted by Gasteiger charge is -2.11. The number of nitrogens with zero attached hydrogens (tertiary/aromatic N) is 2. The van der Waals surface area contributed by atoms with Crippen molar-refractivity contribution in [1.82, 2.24) is 10.2 Å². The molecule has 0 amide bonds. The molecule has 0 aliphatic rings. The van der Waals surface area contributed by atoms with Crippen LogP contribution in [0.2, 0.25) is 10.0 Å². The lowest BCUT2D eigenvalue weighted by atomic mass is 10.3. The molecule has 3 aromatic rings. The number of halogens is 2. The average molecular weight is 431 g/mol. The first-order valence-corrected chi connectivity index (χ1v) is 10.2. The molecule has 0 spiro atoms. The molecule has 0 saturated carbocycles. The third kappa shape index (κ3) is 4.55. The predicted octanol–water partition coefficient (Wildman–Crippen LogP) is 3.81. The van der Waals surface area contributed by atoms with Crippen molar-refractivity contribution in [3.8, 4) is 5.75 Å². The molecule has 2 aromatic carbocycles. The van der Waals surface area contributed by atoms with E-state index in [1.807, 2.05) is 0 Å². The van der Waals surface area contributed by atoms with E-state index in [9.17, 15) is 8.42 Å². The van der Waals surface area contributed by atoms with Gasteiger partial charge in [-0.2, -0.15) is 0 Å². The van der Waals surface area contributed by atoms with Gasteiger partial charge in [-0.25, -0.2) is 8.42 Å². The predicted molar refractivity (Wildman–Crippen MR) is 102 cm³/mol. The summed E-state index contributed by atoms with van der Waals surface area (Å²) in [6.07, 6.45) is 0. The normalized spacial score (nSPS) is 11.3. The molecular formula is C15H12Cl2N4O3S2. The highest BCUT2D eigenvalue weighted by atomic mass is 35.5. The first-order valence-electron chi connectivity index (χ1n) is 7.12. The van der Waals surface area contributed by atoms with E-state index < -0.39 is 10.0 Å². The largest absolute Gasteiger partial charge is 0.485 e. The van der Waals surface area contributed by atoms with Gasteiger partial charge >= 0.3 is 0 Å². The zero-order valence-electron chi connectivity index (χ0n) is 13.0. The first kappa shape index (κ1) is 18.7. The van der Waals surface area contributed by atoms with Crippen molar-refractivity contribution in [2.24, 2.45) is 0 Å². The summed E-state index contributed by atoms with van der Waals surface area (Å²) in [5, 5.41) is 9.09. The molecule has 26 heavy (non-hydrogen) atoms. The van der Waals surface area contributed by atoms with Crippen LogP contribution in [0.25, 0.3) is 0 Å². The molecule has 136 valence electrons. The summed E-state index contributed by atoms with van der Waals surface area (Å²) in [6.45, 7) is 0.129. The van der Waals surface area contributed by atoms with E-state index in [0.717, 1.165) is 0 Å². The summed E-state index contributed by atoms with van der Waals surface area (Å²) >= 11 is 13.1. The van der Waals surface area contributed by atoms with E-state index in [0.29, 0.717) is 26.6 Å². The van der Waals surface area contributed by atoms with Gasteiger partial charge in [0, 0.05) is 10.7 Å². The summed E-state index contributed by atoms with van der Waals surface area (Å²) < 4.78 is 32.9. The average Bonchev–Trinajstić information content (AvgIpc) is 3.01. The number of rotatable bonds is 6. The Kier molecular flexibility index (Phi) is 5.52. The van der Waals surface area contributed by atoms with Crippen molar-refractivity contribution in [3.05, 3.63) is 57.5 Å². The third-order valence-electron chi connectivity index (χ3n) is 3.14. The minimum atomic E-state index is -3.80. The molecule has 0 radical (unpaired) electrons. The molecule has 3 rings (SSSR count). The Balaban J connectivity index is 1.74. The molecule has 0 atom stereocenters. The first-order chi connectivity index (χ1) is 12.3. The van der Waals surface area contributed by atoms with Crippen LogP contribution in [0.15, 0.2) is 47.4 Å². The van der Waals surface area contributed by atoms with Crippen LogP contribution in [0.5, 0.6) is 5.75 Å². The van der Waals surface area contributed by atoms with Gasteiger partial charge in [0.15, 0.2) is 5.01 Å². The Morgan fingerprint density at radius 1 is 1.12 bits per heavy atom. The fraction of sp³-hybridized carbons (Fsp3) is 0.0667. The van der Waals surface area contributed by atoms with Crippen LogP contribution in [0.4, 0.5) is 10.8 Å². The van der Waals surface area contributed by atoms with Gasteiger partial charge in [-0.3, -0.25) is 4.72 Å². The molecule has 0 unspecified atom stereocenters. The van der Waals surface area contributed by atoms with E-state index in [4.69, 9.17) is 33.7 Å². The number of benzene rings is 2. The molecule has 1 heterocycles. The Morgan fingerprint density at radius 2 is 1.85 bits per heavy atom. The van der Waals surface area contributed by atoms with Gasteiger partial charge < -0.3 is 10.5 Å². The maximum absolute atomic E-state index is 12.5. The zero-order valence-corrected chi connectivity index (χ0v) is 16.2. The van der Waals surface area contributed by atoms with Crippen LogP contribution in [0.1, 0.15) is 5.01 Å². The van der Waals surface area contributed by atoms with Crippen molar-refractivity contribution >= 4 is 55.4 Å². The van der Waals surface area contributed by atoms with E-state index in [-0.39, 0.29) is 16.5 Å². The minimum Gasteiger partial charge on any atom is -0.485 e. The second kappa shape index (κ2) is 7.67. The summed E-state index contributed by atoms with van der Waals surface area (Å²) in [7, 11) is -3.80. The lowest BCUT2D eigenvalue weighted by molar-refractivity contribution is 0.304. The Bertz CT molecular complexity index is 1020. The summed E-state index contributed by atoms with van der Waals surface area (Å²) in [6, 6.07) is 10.5. The van der Waals surface area contributed by atoms with Crippen LogP contribution in [0, 0.1) is 0 Å². The highest BCUT2D eigenvalue weighted by Gasteiger charge is 2.17. The molecule has 0 bridgehead atoms. The van der Waals surface area contributed by atoms with Gasteiger partial charge in [0.2, 0.25) is 5.13 Å². The fourth-order valence-electron chi connectivity index (χ4n) is 1.96. The maximum atomic E-state index is 12.5. The van der Waals surface area contributed by atoms with Gasteiger partial charge in [-0.1, -0.05) is 34.5 Å². The molecule has 0 aliphatic carbocycles. The molecular weight excluding hydrogens is 419 g/mol. The second-order valence-corrected chi connectivity index (χ2v) is 8.65. The van der Waals surface area contributed by atoms with Gasteiger partial charge in [0.25, 0.3) is 10.0 Å². The highest BCUT2D eigenvalue weighted by molar-refractivity contribution is 7.92. The SMILES string of the molecule is Nc1nnc(COc2ccc(S(=O)(=O)Nc3ccc(Cl)cc3)cc2Cl)s1. The van der Waals surface area contributed by atoms with Gasteiger partial charge in [-0.05, 0) is 42.5 Å². The summed E-state index contributed by atoms with van der Waals surface area (Å²) in [4.78, 5) is 0.00459. The number of nitrogens with one attached hydrogen (secondary N) is 1. The Labute approximate surface area is 163 Å². The minimum absolute atomic E-state index is 0.00459. The van der Waals surface area contributed by atoms with Crippen LogP contribution >= 0.6 is 34.5 Å². The Hall–Kier alpha value is -2.07. The number of sulfonamides is 1. The van der Waals surface area contributed by atoms with Gasteiger partial charge in [0.05, 0.1) is 9.92 Å². The number of nitrogens with two attached hydrogens (primary N) is 1. The van der Waals surface area contributed by atoms with Gasteiger partial charge in [0.1, 0.15) is 12.4 Å². The van der Waals surface area contributed by atoms with E-state index in [2.05, 4.69) is 14.9 Å². The Morgan fingerprint density at radius 3 is 2.46 bits per heavy atom. The quantitative estimate of drug-likeness (QED) is 0.615. The number of aromatic nitrogens is 2. The van der Waals surface area contributed by atoms with Crippen LogP contribution in [-0.2, 0) is 16.6 Å². The van der Waals surface area contributed by atoms with Crippen LogP contribution < -0.4 is 15.2 Å². The lowest BCUT2D eigenvalue weighted by Crippen LogP contribution is -2.13. The molecule has 7 nitrogen and oxygen atoms in total. The zero-order chi connectivity index (χ0) is 18.7. The van der Waals surface area contributed by atoms with E-state index >= 15 is 0 Å².